The van der Waals surface area contributed by atoms with Crippen molar-refractivity contribution in [1.82, 2.24) is 10.1 Å². The van der Waals surface area contributed by atoms with E-state index < -0.39 is 0 Å². The van der Waals surface area contributed by atoms with E-state index in [1.54, 1.807) is 30.3 Å². The number of carbonyl (C=O) groups excluding carboxylic acids is 1. The summed E-state index contributed by atoms with van der Waals surface area (Å²) in [5.74, 6) is 1.98. The molecule has 3 aromatic rings. The van der Waals surface area contributed by atoms with Gasteiger partial charge < -0.3 is 18.9 Å². The number of ether oxygens (including phenoxy) is 2. The first-order valence-corrected chi connectivity index (χ1v) is 10.9. The van der Waals surface area contributed by atoms with Crippen molar-refractivity contribution < 1.29 is 18.8 Å². The summed E-state index contributed by atoms with van der Waals surface area (Å²) < 4.78 is 16.8. The molecule has 2 heterocycles. The molecule has 0 spiro atoms. The second-order valence-electron chi connectivity index (χ2n) is 7.33. The zero-order valence-corrected chi connectivity index (χ0v) is 18.9. The summed E-state index contributed by atoms with van der Waals surface area (Å²) in [6, 6.07) is 9.82. The SMILES string of the molecule is CCN(Cc1ccc(OCc2cccs2)c(OC)c1)C(=O)c1c(C)noc1C(C)C. The summed E-state index contributed by atoms with van der Waals surface area (Å²) in [6.45, 7) is 9.28. The molecule has 6 nitrogen and oxygen atoms in total. The van der Waals surface area contributed by atoms with Gasteiger partial charge in [-0.2, -0.15) is 0 Å². The number of thiophene rings is 1. The van der Waals surface area contributed by atoms with Gasteiger partial charge >= 0.3 is 0 Å². The first kappa shape index (κ1) is 21.9. The Morgan fingerprint density at radius 1 is 1.27 bits per heavy atom. The summed E-state index contributed by atoms with van der Waals surface area (Å²) in [7, 11) is 1.62. The lowest BCUT2D eigenvalue weighted by atomic mass is 10.0. The molecule has 160 valence electrons. The van der Waals surface area contributed by atoms with Crippen LogP contribution in [-0.2, 0) is 13.2 Å². The van der Waals surface area contributed by atoms with Crippen molar-refractivity contribution in [3.8, 4) is 11.5 Å². The molecule has 0 aliphatic heterocycles. The van der Waals surface area contributed by atoms with Crippen molar-refractivity contribution in [3.05, 3.63) is 63.2 Å². The largest absolute Gasteiger partial charge is 0.493 e. The Balaban J connectivity index is 1.76. The number of aromatic nitrogens is 1. The molecule has 0 bridgehead atoms. The number of aryl methyl sites for hydroxylation is 1. The zero-order valence-electron chi connectivity index (χ0n) is 18.1. The molecular weight excluding hydrogens is 400 g/mol. The second kappa shape index (κ2) is 9.80. The van der Waals surface area contributed by atoms with Gasteiger partial charge in [0.05, 0.1) is 12.8 Å². The third kappa shape index (κ3) is 4.84. The third-order valence-electron chi connectivity index (χ3n) is 4.85. The number of nitrogens with zero attached hydrogens (tertiary/aromatic N) is 2. The summed E-state index contributed by atoms with van der Waals surface area (Å²) >= 11 is 1.65. The van der Waals surface area contributed by atoms with Crippen molar-refractivity contribution in [3.63, 3.8) is 0 Å². The molecule has 0 fully saturated rings. The van der Waals surface area contributed by atoms with Gasteiger partial charge in [0.25, 0.3) is 5.91 Å². The van der Waals surface area contributed by atoms with Crippen molar-refractivity contribution >= 4 is 17.2 Å². The highest BCUT2D eigenvalue weighted by molar-refractivity contribution is 7.09. The number of rotatable bonds is 9. The Morgan fingerprint density at radius 3 is 2.70 bits per heavy atom. The Morgan fingerprint density at radius 2 is 2.07 bits per heavy atom. The quantitative estimate of drug-likeness (QED) is 0.455. The van der Waals surface area contributed by atoms with Gasteiger partial charge in [-0.25, -0.2) is 0 Å². The number of methoxy groups -OCH3 is 1. The number of benzene rings is 1. The van der Waals surface area contributed by atoms with Crippen LogP contribution in [0.15, 0.2) is 40.2 Å². The molecule has 0 atom stereocenters. The number of hydrogen-bond acceptors (Lipinski definition) is 6. The maximum Gasteiger partial charge on any atom is 0.259 e. The summed E-state index contributed by atoms with van der Waals surface area (Å²) in [5, 5.41) is 6.03. The van der Waals surface area contributed by atoms with E-state index in [1.165, 1.54) is 0 Å². The van der Waals surface area contributed by atoms with Crippen LogP contribution in [0.1, 0.15) is 58.9 Å². The van der Waals surface area contributed by atoms with Gasteiger partial charge in [0.15, 0.2) is 17.3 Å². The van der Waals surface area contributed by atoms with E-state index in [0.29, 0.717) is 48.2 Å². The van der Waals surface area contributed by atoms with Crippen LogP contribution in [0, 0.1) is 6.92 Å². The fourth-order valence-corrected chi connectivity index (χ4v) is 3.84. The molecule has 0 saturated heterocycles. The molecule has 3 rings (SSSR count). The van der Waals surface area contributed by atoms with Crippen LogP contribution in [0.25, 0.3) is 0 Å². The minimum atomic E-state index is -0.0723. The number of hydrogen-bond donors (Lipinski definition) is 0. The smallest absolute Gasteiger partial charge is 0.259 e. The number of carbonyl (C=O) groups is 1. The molecule has 0 aliphatic carbocycles. The fourth-order valence-electron chi connectivity index (χ4n) is 3.22. The van der Waals surface area contributed by atoms with Crippen LogP contribution in [0.3, 0.4) is 0 Å². The summed E-state index contributed by atoms with van der Waals surface area (Å²) in [4.78, 5) is 16.1. The van der Waals surface area contributed by atoms with Gasteiger partial charge in [0.1, 0.15) is 12.2 Å². The van der Waals surface area contributed by atoms with E-state index in [-0.39, 0.29) is 11.8 Å². The first-order chi connectivity index (χ1) is 14.4. The predicted molar refractivity (Wildman–Crippen MR) is 117 cm³/mol. The molecule has 7 heteroatoms. The van der Waals surface area contributed by atoms with Crippen LogP contribution in [0.2, 0.25) is 0 Å². The highest BCUT2D eigenvalue weighted by atomic mass is 32.1. The molecule has 0 N–H and O–H groups in total. The second-order valence-corrected chi connectivity index (χ2v) is 8.37. The average Bonchev–Trinajstić information content (AvgIpc) is 3.39. The molecular formula is C23H28N2O4S. The lowest BCUT2D eigenvalue weighted by molar-refractivity contribution is 0.0749. The van der Waals surface area contributed by atoms with Crippen LogP contribution in [0.5, 0.6) is 11.5 Å². The molecule has 0 unspecified atom stereocenters. The Labute approximate surface area is 181 Å². The van der Waals surface area contributed by atoms with E-state index in [2.05, 4.69) is 5.16 Å². The molecule has 0 aliphatic rings. The lowest BCUT2D eigenvalue weighted by Crippen LogP contribution is -2.31. The van der Waals surface area contributed by atoms with Crippen molar-refractivity contribution in [2.24, 2.45) is 0 Å². The molecule has 1 amide bonds. The predicted octanol–water partition coefficient (Wildman–Crippen LogP) is 5.42. The topological polar surface area (TPSA) is 64.8 Å². The minimum absolute atomic E-state index is 0.0723. The average molecular weight is 429 g/mol. The number of amides is 1. The third-order valence-corrected chi connectivity index (χ3v) is 5.70. The Bertz CT molecular complexity index is 979. The highest BCUT2D eigenvalue weighted by Gasteiger charge is 2.26. The molecule has 1 aromatic carbocycles. The lowest BCUT2D eigenvalue weighted by Gasteiger charge is -2.22. The minimum Gasteiger partial charge on any atom is -0.493 e. The Hall–Kier alpha value is -2.80. The maximum atomic E-state index is 13.2. The summed E-state index contributed by atoms with van der Waals surface area (Å²) in [5.41, 5.74) is 2.15. The molecule has 0 radical (unpaired) electrons. The molecule has 0 saturated carbocycles. The van der Waals surface area contributed by atoms with Crippen LogP contribution in [-0.4, -0.2) is 29.6 Å². The van der Waals surface area contributed by atoms with Gasteiger partial charge in [-0.3, -0.25) is 4.79 Å². The van der Waals surface area contributed by atoms with Crippen LogP contribution in [0.4, 0.5) is 0 Å². The summed E-state index contributed by atoms with van der Waals surface area (Å²) in [6.07, 6.45) is 0. The zero-order chi connectivity index (χ0) is 21.7. The monoisotopic (exact) mass is 428 g/mol. The normalized spacial score (nSPS) is 11.0. The van der Waals surface area contributed by atoms with E-state index >= 15 is 0 Å². The fraction of sp³-hybridized carbons (Fsp3) is 0.391. The standard InChI is InChI=1S/C23H28N2O4S/c1-6-25(23(26)21-16(4)24-29-22(21)15(2)3)13-17-9-10-19(20(12-17)27-5)28-14-18-8-7-11-30-18/h7-12,15H,6,13-14H2,1-5H3. The van der Waals surface area contributed by atoms with Crippen molar-refractivity contribution in [2.75, 3.05) is 13.7 Å². The van der Waals surface area contributed by atoms with Crippen molar-refractivity contribution in [2.45, 2.75) is 46.8 Å². The maximum absolute atomic E-state index is 13.2. The van der Waals surface area contributed by atoms with E-state index in [1.807, 2.05) is 56.5 Å². The Kier molecular flexibility index (Phi) is 7.15. The van der Waals surface area contributed by atoms with E-state index in [9.17, 15) is 4.79 Å². The van der Waals surface area contributed by atoms with Crippen LogP contribution < -0.4 is 9.47 Å². The molecule has 2 aromatic heterocycles. The first-order valence-electron chi connectivity index (χ1n) is 10.0. The van der Waals surface area contributed by atoms with Gasteiger partial charge in [-0.1, -0.05) is 31.1 Å². The van der Waals surface area contributed by atoms with Gasteiger partial charge in [-0.15, -0.1) is 11.3 Å². The van der Waals surface area contributed by atoms with Gasteiger partial charge in [0.2, 0.25) is 0 Å². The van der Waals surface area contributed by atoms with Gasteiger partial charge in [-0.05, 0) is 43.0 Å². The van der Waals surface area contributed by atoms with E-state index in [0.717, 1.165) is 10.4 Å². The highest BCUT2D eigenvalue weighted by Crippen LogP contribution is 2.30. The van der Waals surface area contributed by atoms with Gasteiger partial charge in [0, 0.05) is 23.9 Å². The van der Waals surface area contributed by atoms with E-state index in [4.69, 9.17) is 14.0 Å². The molecule has 30 heavy (non-hydrogen) atoms. The van der Waals surface area contributed by atoms with Crippen LogP contribution >= 0.6 is 11.3 Å². The van der Waals surface area contributed by atoms with Crippen molar-refractivity contribution in [1.29, 1.82) is 0 Å².